The van der Waals surface area contributed by atoms with E-state index in [1.807, 2.05) is 12.1 Å². The van der Waals surface area contributed by atoms with E-state index in [0.29, 0.717) is 24.2 Å². The first-order chi connectivity index (χ1) is 8.79. The van der Waals surface area contributed by atoms with Crippen LogP contribution >= 0.6 is 11.6 Å². The van der Waals surface area contributed by atoms with Gasteiger partial charge in [-0.1, -0.05) is 23.8 Å². The van der Waals surface area contributed by atoms with Crippen LogP contribution in [0.25, 0.3) is 0 Å². The highest BCUT2D eigenvalue weighted by atomic mass is 35.5. The summed E-state index contributed by atoms with van der Waals surface area (Å²) in [7, 11) is 0. The number of benzene rings is 1. The van der Waals surface area contributed by atoms with Crippen LogP contribution in [0.4, 0.5) is 0 Å². The van der Waals surface area contributed by atoms with Gasteiger partial charge in [0.15, 0.2) is 0 Å². The molecule has 0 saturated heterocycles. The van der Waals surface area contributed by atoms with Gasteiger partial charge in [-0.15, -0.1) is 0 Å². The van der Waals surface area contributed by atoms with Crippen molar-refractivity contribution in [1.29, 1.82) is 0 Å². The summed E-state index contributed by atoms with van der Waals surface area (Å²) in [6.07, 6.45) is 5.51. The van der Waals surface area contributed by atoms with E-state index in [1.165, 1.54) is 0 Å². The summed E-state index contributed by atoms with van der Waals surface area (Å²) in [5.74, 6) is 1.24. The van der Waals surface area contributed by atoms with Crippen LogP contribution in [-0.4, -0.2) is 24.4 Å². The smallest absolute Gasteiger partial charge is 0.129 e. The Morgan fingerprint density at radius 3 is 3.17 bits per heavy atom. The van der Waals surface area contributed by atoms with Crippen molar-refractivity contribution in [2.24, 2.45) is 0 Å². The molecule has 2 aliphatic rings. The maximum absolute atomic E-state index is 8.73. The molecule has 0 saturated carbocycles. The third-order valence-electron chi connectivity index (χ3n) is 3.39. The Morgan fingerprint density at radius 2 is 2.33 bits per heavy atom. The second kappa shape index (κ2) is 4.92. The first-order valence-electron chi connectivity index (χ1n) is 6.14. The second-order valence-electron chi connectivity index (χ2n) is 4.61. The molecule has 0 fully saturated rings. The molecule has 1 N–H and O–H groups in total. The van der Waals surface area contributed by atoms with Gasteiger partial charge in [0.05, 0.1) is 19.8 Å². The fourth-order valence-corrected chi connectivity index (χ4v) is 2.87. The standard InChI is InChI=1S/C14H15ClO3/c15-10-6-9(8-17-5-4-16)14-12(7-10)11-2-1-3-13(11)18-14/h1-2,6-7,11,13,16H,3-5,8H2/t11-,13-/m1/s1. The van der Waals surface area contributed by atoms with Crippen molar-refractivity contribution in [2.75, 3.05) is 13.2 Å². The van der Waals surface area contributed by atoms with Gasteiger partial charge in [0.1, 0.15) is 11.9 Å². The Labute approximate surface area is 111 Å². The molecule has 0 aromatic heterocycles. The van der Waals surface area contributed by atoms with Crippen LogP contribution in [0, 0.1) is 0 Å². The Morgan fingerprint density at radius 1 is 1.44 bits per heavy atom. The van der Waals surface area contributed by atoms with E-state index < -0.39 is 0 Å². The van der Waals surface area contributed by atoms with Crippen molar-refractivity contribution in [2.45, 2.75) is 25.0 Å². The van der Waals surface area contributed by atoms with E-state index >= 15 is 0 Å². The van der Waals surface area contributed by atoms with Crippen molar-refractivity contribution in [1.82, 2.24) is 0 Å². The molecule has 3 nitrogen and oxygen atoms in total. The Kier molecular flexibility index (Phi) is 3.29. The van der Waals surface area contributed by atoms with Crippen LogP contribution in [0.3, 0.4) is 0 Å². The number of hydrogen-bond donors (Lipinski definition) is 1. The molecule has 1 aliphatic heterocycles. The van der Waals surface area contributed by atoms with Crippen molar-refractivity contribution in [3.8, 4) is 5.75 Å². The maximum Gasteiger partial charge on any atom is 0.129 e. The van der Waals surface area contributed by atoms with E-state index in [9.17, 15) is 0 Å². The minimum atomic E-state index is 0.0254. The molecule has 0 bridgehead atoms. The van der Waals surface area contributed by atoms with E-state index in [2.05, 4.69) is 12.2 Å². The van der Waals surface area contributed by atoms with Gasteiger partial charge in [-0.25, -0.2) is 0 Å². The Bertz CT molecular complexity index is 484. The quantitative estimate of drug-likeness (QED) is 0.673. The monoisotopic (exact) mass is 266 g/mol. The predicted molar refractivity (Wildman–Crippen MR) is 69.1 cm³/mol. The second-order valence-corrected chi connectivity index (χ2v) is 5.04. The highest BCUT2D eigenvalue weighted by molar-refractivity contribution is 6.30. The van der Waals surface area contributed by atoms with Crippen molar-refractivity contribution in [3.05, 3.63) is 40.4 Å². The number of fused-ring (bicyclic) bond motifs is 3. The maximum atomic E-state index is 8.73. The highest BCUT2D eigenvalue weighted by Gasteiger charge is 2.36. The molecule has 0 spiro atoms. The van der Waals surface area contributed by atoms with Crippen LogP contribution < -0.4 is 4.74 Å². The number of rotatable bonds is 4. The zero-order valence-corrected chi connectivity index (χ0v) is 10.7. The average molecular weight is 267 g/mol. The average Bonchev–Trinajstić information content (AvgIpc) is 2.91. The third kappa shape index (κ3) is 2.03. The molecule has 0 unspecified atom stereocenters. The zero-order chi connectivity index (χ0) is 12.5. The number of halogens is 1. The lowest BCUT2D eigenvalue weighted by molar-refractivity contribution is 0.0796. The van der Waals surface area contributed by atoms with Crippen LogP contribution in [0.15, 0.2) is 24.3 Å². The van der Waals surface area contributed by atoms with Gasteiger partial charge < -0.3 is 14.6 Å². The fraction of sp³-hybridized carbons (Fsp3) is 0.429. The van der Waals surface area contributed by atoms with Gasteiger partial charge >= 0.3 is 0 Å². The number of aliphatic hydroxyl groups is 1. The first-order valence-corrected chi connectivity index (χ1v) is 6.51. The zero-order valence-electron chi connectivity index (χ0n) is 9.93. The molecular formula is C14H15ClO3. The summed E-state index contributed by atoms with van der Waals surface area (Å²) in [6, 6.07) is 3.86. The summed E-state index contributed by atoms with van der Waals surface area (Å²) in [5, 5.41) is 9.44. The Balaban J connectivity index is 1.89. The molecular weight excluding hydrogens is 252 g/mol. The molecule has 96 valence electrons. The molecule has 1 aromatic rings. The van der Waals surface area contributed by atoms with Crippen LogP contribution in [-0.2, 0) is 11.3 Å². The molecule has 4 heteroatoms. The van der Waals surface area contributed by atoms with E-state index in [-0.39, 0.29) is 12.7 Å². The summed E-state index contributed by atoms with van der Waals surface area (Å²) in [6.45, 7) is 0.776. The lowest BCUT2D eigenvalue weighted by Crippen LogP contribution is -2.12. The minimum Gasteiger partial charge on any atom is -0.488 e. The summed E-state index contributed by atoms with van der Waals surface area (Å²) in [5.41, 5.74) is 2.12. The van der Waals surface area contributed by atoms with E-state index in [0.717, 1.165) is 23.3 Å². The lowest BCUT2D eigenvalue weighted by Gasteiger charge is -2.11. The number of aliphatic hydroxyl groups excluding tert-OH is 1. The molecule has 18 heavy (non-hydrogen) atoms. The fourth-order valence-electron chi connectivity index (χ4n) is 2.62. The van der Waals surface area contributed by atoms with Gasteiger partial charge in [-0.3, -0.25) is 0 Å². The molecule has 1 heterocycles. The molecule has 2 atom stereocenters. The summed E-state index contributed by atoms with van der Waals surface area (Å²) in [4.78, 5) is 0. The number of hydrogen-bond acceptors (Lipinski definition) is 3. The lowest BCUT2D eigenvalue weighted by atomic mass is 9.97. The third-order valence-corrected chi connectivity index (χ3v) is 3.61. The predicted octanol–water partition coefficient (Wildman–Crippen LogP) is 2.65. The van der Waals surface area contributed by atoms with E-state index in [4.69, 9.17) is 26.2 Å². The first kappa shape index (κ1) is 12.0. The van der Waals surface area contributed by atoms with Crippen LogP contribution in [0.5, 0.6) is 5.75 Å². The van der Waals surface area contributed by atoms with Gasteiger partial charge in [0.2, 0.25) is 0 Å². The normalized spacial score (nSPS) is 23.9. The van der Waals surface area contributed by atoms with Gasteiger partial charge in [-0.05, 0) is 12.1 Å². The highest BCUT2D eigenvalue weighted by Crippen LogP contribution is 2.46. The summed E-state index contributed by atoms with van der Waals surface area (Å²) < 4.78 is 11.3. The van der Waals surface area contributed by atoms with Crippen LogP contribution in [0.1, 0.15) is 23.5 Å². The molecule has 0 radical (unpaired) electrons. The van der Waals surface area contributed by atoms with Gasteiger partial charge in [-0.2, -0.15) is 0 Å². The molecule has 0 amide bonds. The SMILES string of the molecule is OCCOCc1cc(Cl)cc2c1O[C@@H]1CC=C[C@H]21. The van der Waals surface area contributed by atoms with Crippen molar-refractivity contribution >= 4 is 11.6 Å². The summed E-state index contributed by atoms with van der Waals surface area (Å²) >= 11 is 6.15. The van der Waals surface area contributed by atoms with E-state index in [1.54, 1.807) is 0 Å². The van der Waals surface area contributed by atoms with Gasteiger partial charge in [0, 0.05) is 28.5 Å². The van der Waals surface area contributed by atoms with Crippen molar-refractivity contribution < 1.29 is 14.6 Å². The minimum absolute atomic E-state index is 0.0254. The van der Waals surface area contributed by atoms with Crippen molar-refractivity contribution in [3.63, 3.8) is 0 Å². The number of ether oxygens (including phenoxy) is 2. The molecule has 1 aromatic carbocycles. The topological polar surface area (TPSA) is 38.7 Å². The van der Waals surface area contributed by atoms with Crippen LogP contribution in [0.2, 0.25) is 5.02 Å². The molecule has 3 rings (SSSR count). The molecule has 1 aliphatic carbocycles. The van der Waals surface area contributed by atoms with Gasteiger partial charge in [0.25, 0.3) is 0 Å². The Hall–Kier alpha value is -1.03. The largest absolute Gasteiger partial charge is 0.488 e.